The van der Waals surface area contributed by atoms with Gasteiger partial charge in [-0.05, 0) is 12.1 Å². The van der Waals surface area contributed by atoms with Gasteiger partial charge in [0.2, 0.25) is 0 Å². The van der Waals surface area contributed by atoms with Crippen LogP contribution in [0.2, 0.25) is 0 Å². The molecule has 15 heavy (non-hydrogen) atoms. The number of ether oxygens (including phenoxy) is 1. The number of rotatable bonds is 3. The Hall–Kier alpha value is -2.35. The van der Waals surface area contributed by atoms with Crippen LogP contribution in [0.25, 0.3) is 0 Å². The van der Waals surface area contributed by atoms with E-state index in [4.69, 9.17) is 5.26 Å². The van der Waals surface area contributed by atoms with E-state index in [1.165, 1.54) is 13.3 Å². The number of carbonyl (C=O) groups is 1. The molecule has 5 heteroatoms. The number of methoxy groups -OCH3 is 1. The number of nitrogens with zero attached hydrogens (tertiary/aromatic N) is 2. The first-order valence-corrected chi connectivity index (χ1v) is 4.14. The average molecular weight is 203 g/mol. The third-order valence-corrected chi connectivity index (χ3v) is 1.56. The number of nitriles is 1. The summed E-state index contributed by atoms with van der Waals surface area (Å²) >= 11 is 0. The van der Waals surface area contributed by atoms with E-state index < -0.39 is 5.97 Å². The van der Waals surface area contributed by atoms with Gasteiger partial charge in [0.1, 0.15) is 11.9 Å². The number of esters is 1. The van der Waals surface area contributed by atoms with Crippen LogP contribution in [0.3, 0.4) is 0 Å². The first kappa shape index (κ1) is 10.7. The summed E-state index contributed by atoms with van der Waals surface area (Å²) in [6.45, 7) is 0. The molecule has 0 fully saturated rings. The zero-order chi connectivity index (χ0) is 11.1. The van der Waals surface area contributed by atoms with Crippen LogP contribution in [0, 0.1) is 11.3 Å². The molecule has 0 aromatic carbocycles. The van der Waals surface area contributed by atoms with Crippen molar-refractivity contribution in [1.29, 1.82) is 5.26 Å². The molecule has 0 spiro atoms. The molecule has 0 saturated carbocycles. The SMILES string of the molecule is COC(=O)/C(C#N)=C\Nc1ccccn1. The summed E-state index contributed by atoms with van der Waals surface area (Å²) in [5.41, 5.74) is -0.108. The van der Waals surface area contributed by atoms with Gasteiger partial charge in [0.15, 0.2) is 5.57 Å². The van der Waals surface area contributed by atoms with Gasteiger partial charge in [-0.2, -0.15) is 5.26 Å². The quantitative estimate of drug-likeness (QED) is 0.452. The van der Waals surface area contributed by atoms with Gasteiger partial charge in [0, 0.05) is 12.4 Å². The van der Waals surface area contributed by atoms with Crippen molar-refractivity contribution in [3.05, 3.63) is 36.2 Å². The van der Waals surface area contributed by atoms with Gasteiger partial charge in [0.05, 0.1) is 7.11 Å². The number of hydrogen-bond donors (Lipinski definition) is 1. The van der Waals surface area contributed by atoms with E-state index in [0.29, 0.717) is 5.82 Å². The maximum atomic E-state index is 11.0. The molecule has 0 radical (unpaired) electrons. The van der Waals surface area contributed by atoms with Crippen molar-refractivity contribution < 1.29 is 9.53 Å². The summed E-state index contributed by atoms with van der Waals surface area (Å²) < 4.78 is 4.40. The van der Waals surface area contributed by atoms with Crippen molar-refractivity contribution in [2.24, 2.45) is 0 Å². The minimum atomic E-state index is -0.680. The Morgan fingerprint density at radius 3 is 3.00 bits per heavy atom. The molecule has 0 aliphatic heterocycles. The Kier molecular flexibility index (Phi) is 3.86. The van der Waals surface area contributed by atoms with Gasteiger partial charge in [0.25, 0.3) is 0 Å². The van der Waals surface area contributed by atoms with Crippen LogP contribution in [-0.4, -0.2) is 18.1 Å². The van der Waals surface area contributed by atoms with E-state index in [0.717, 1.165) is 0 Å². The smallest absolute Gasteiger partial charge is 0.350 e. The zero-order valence-electron chi connectivity index (χ0n) is 8.10. The molecule has 0 aliphatic carbocycles. The van der Waals surface area contributed by atoms with E-state index >= 15 is 0 Å². The molecule has 76 valence electrons. The third-order valence-electron chi connectivity index (χ3n) is 1.56. The van der Waals surface area contributed by atoms with Crippen LogP contribution >= 0.6 is 0 Å². The molecule has 1 aromatic rings. The second-order valence-corrected chi connectivity index (χ2v) is 2.52. The molecular formula is C10H9N3O2. The van der Waals surface area contributed by atoms with E-state index in [-0.39, 0.29) is 5.57 Å². The summed E-state index contributed by atoms with van der Waals surface area (Å²) in [6, 6.07) is 6.98. The molecule has 0 unspecified atom stereocenters. The van der Waals surface area contributed by atoms with Crippen molar-refractivity contribution in [2.75, 3.05) is 12.4 Å². The zero-order valence-corrected chi connectivity index (χ0v) is 8.10. The number of nitrogens with one attached hydrogen (secondary N) is 1. The first-order valence-electron chi connectivity index (χ1n) is 4.14. The lowest BCUT2D eigenvalue weighted by atomic mass is 10.3. The molecule has 5 nitrogen and oxygen atoms in total. The van der Waals surface area contributed by atoms with Crippen LogP contribution in [0.5, 0.6) is 0 Å². The lowest BCUT2D eigenvalue weighted by Crippen LogP contribution is -2.05. The average Bonchev–Trinajstić information content (AvgIpc) is 2.31. The van der Waals surface area contributed by atoms with Crippen molar-refractivity contribution in [1.82, 2.24) is 4.98 Å². The molecular weight excluding hydrogens is 194 g/mol. The Balaban J connectivity index is 2.72. The Morgan fingerprint density at radius 1 is 1.67 bits per heavy atom. The van der Waals surface area contributed by atoms with Gasteiger partial charge in [-0.15, -0.1) is 0 Å². The fourth-order valence-electron chi connectivity index (χ4n) is 0.841. The number of aromatic nitrogens is 1. The highest BCUT2D eigenvalue weighted by molar-refractivity contribution is 5.92. The maximum absolute atomic E-state index is 11.0. The molecule has 1 rings (SSSR count). The molecule has 0 amide bonds. The number of carbonyl (C=O) groups excluding carboxylic acids is 1. The summed E-state index contributed by atoms with van der Waals surface area (Å²) in [4.78, 5) is 14.9. The van der Waals surface area contributed by atoms with Gasteiger partial charge in [-0.1, -0.05) is 6.07 Å². The Labute approximate surface area is 87.0 Å². The van der Waals surface area contributed by atoms with Crippen molar-refractivity contribution in [2.45, 2.75) is 0 Å². The van der Waals surface area contributed by atoms with Crippen LogP contribution in [0.4, 0.5) is 5.82 Å². The normalized spacial score (nSPS) is 10.3. The highest BCUT2D eigenvalue weighted by Gasteiger charge is 2.07. The van der Waals surface area contributed by atoms with Gasteiger partial charge in [-0.3, -0.25) is 0 Å². The third kappa shape index (κ3) is 3.12. The highest BCUT2D eigenvalue weighted by atomic mass is 16.5. The van der Waals surface area contributed by atoms with Crippen LogP contribution < -0.4 is 5.32 Å². The number of anilines is 1. The standard InChI is InChI=1S/C10H9N3O2/c1-15-10(14)8(6-11)7-13-9-4-2-3-5-12-9/h2-5,7H,1H3,(H,12,13)/b8-7-. The molecule has 0 bridgehead atoms. The van der Waals surface area contributed by atoms with Crippen molar-refractivity contribution in [3.63, 3.8) is 0 Å². The fraction of sp³-hybridized carbons (Fsp3) is 0.100. The van der Waals surface area contributed by atoms with E-state index in [1.54, 1.807) is 30.5 Å². The molecule has 0 aliphatic rings. The summed E-state index contributed by atoms with van der Waals surface area (Å²) in [7, 11) is 1.22. The largest absolute Gasteiger partial charge is 0.465 e. The monoisotopic (exact) mass is 203 g/mol. The van der Waals surface area contributed by atoms with E-state index in [9.17, 15) is 4.79 Å². The van der Waals surface area contributed by atoms with Crippen LogP contribution in [0.1, 0.15) is 0 Å². The molecule has 0 saturated heterocycles. The maximum Gasteiger partial charge on any atom is 0.350 e. The fourth-order valence-corrected chi connectivity index (χ4v) is 0.841. The molecule has 1 N–H and O–H groups in total. The van der Waals surface area contributed by atoms with Crippen molar-refractivity contribution >= 4 is 11.8 Å². The Bertz CT molecular complexity index is 406. The minimum absolute atomic E-state index is 0.108. The van der Waals surface area contributed by atoms with E-state index in [1.807, 2.05) is 0 Å². The predicted molar refractivity (Wildman–Crippen MR) is 53.6 cm³/mol. The van der Waals surface area contributed by atoms with Gasteiger partial charge >= 0.3 is 5.97 Å². The van der Waals surface area contributed by atoms with E-state index in [2.05, 4.69) is 15.0 Å². The van der Waals surface area contributed by atoms with Gasteiger partial charge < -0.3 is 10.1 Å². The number of pyridine rings is 1. The topological polar surface area (TPSA) is 75.0 Å². The summed E-state index contributed by atoms with van der Waals surface area (Å²) in [5.74, 6) is -0.130. The van der Waals surface area contributed by atoms with Crippen molar-refractivity contribution in [3.8, 4) is 6.07 Å². The predicted octanol–water partition coefficient (Wildman–Crippen LogP) is 1.07. The number of hydrogen-bond acceptors (Lipinski definition) is 5. The highest BCUT2D eigenvalue weighted by Crippen LogP contribution is 2.02. The molecule has 1 heterocycles. The molecule has 1 aromatic heterocycles. The minimum Gasteiger partial charge on any atom is -0.465 e. The lowest BCUT2D eigenvalue weighted by molar-refractivity contribution is -0.135. The van der Waals surface area contributed by atoms with Gasteiger partial charge in [-0.25, -0.2) is 9.78 Å². The second kappa shape index (κ2) is 5.40. The van der Waals surface area contributed by atoms with Crippen LogP contribution in [0.15, 0.2) is 36.2 Å². The summed E-state index contributed by atoms with van der Waals surface area (Å²) in [5, 5.41) is 11.3. The first-order chi connectivity index (χ1) is 7.27. The summed E-state index contributed by atoms with van der Waals surface area (Å²) in [6.07, 6.45) is 2.86. The second-order valence-electron chi connectivity index (χ2n) is 2.52. The molecule has 0 atom stereocenters. The van der Waals surface area contributed by atoms with Crippen LogP contribution in [-0.2, 0) is 9.53 Å². The Morgan fingerprint density at radius 2 is 2.47 bits per heavy atom. The lowest BCUT2D eigenvalue weighted by Gasteiger charge is -1.99.